The average Bonchev–Trinajstić information content (AvgIpc) is 2.13. The second-order valence-corrected chi connectivity index (χ2v) is 3.92. The van der Waals surface area contributed by atoms with Crippen molar-refractivity contribution in [2.75, 3.05) is 13.7 Å². The maximum atomic E-state index is 11.5. The van der Waals surface area contributed by atoms with Crippen LogP contribution in [0.4, 0.5) is 4.79 Å². The summed E-state index contributed by atoms with van der Waals surface area (Å²) in [5, 5.41) is 11.5. The van der Waals surface area contributed by atoms with Crippen LogP contribution in [0.1, 0.15) is 33.6 Å². The third-order valence-corrected chi connectivity index (χ3v) is 2.26. The Kier molecular flexibility index (Phi) is 6.28. The number of carbonyl (C=O) groups excluding carboxylic acids is 1. The lowest BCUT2D eigenvalue weighted by Gasteiger charge is -2.24. The summed E-state index contributed by atoms with van der Waals surface area (Å²) in [7, 11) is 1.78. The molecular weight excluding hydrogens is 180 g/mol. The van der Waals surface area contributed by atoms with Crippen LogP contribution in [0.2, 0.25) is 0 Å². The molecule has 0 aromatic heterocycles. The van der Waals surface area contributed by atoms with Gasteiger partial charge in [0.25, 0.3) is 0 Å². The van der Waals surface area contributed by atoms with Gasteiger partial charge in [-0.3, -0.25) is 0 Å². The van der Waals surface area contributed by atoms with E-state index in [1.165, 1.54) is 0 Å². The Morgan fingerprint density at radius 2 is 2.00 bits per heavy atom. The van der Waals surface area contributed by atoms with Crippen LogP contribution in [0, 0.1) is 0 Å². The zero-order chi connectivity index (χ0) is 11.1. The van der Waals surface area contributed by atoms with E-state index in [0.29, 0.717) is 0 Å². The smallest absolute Gasteiger partial charge is 0.317 e. The fraction of sp³-hybridized carbons (Fsp3) is 0.900. The van der Waals surface area contributed by atoms with Crippen molar-refractivity contribution in [1.29, 1.82) is 0 Å². The molecule has 0 aliphatic heterocycles. The molecule has 1 atom stereocenters. The van der Waals surface area contributed by atoms with Crippen molar-refractivity contribution in [2.45, 2.75) is 45.7 Å². The van der Waals surface area contributed by atoms with Gasteiger partial charge in [0.05, 0.1) is 0 Å². The Morgan fingerprint density at radius 1 is 1.43 bits per heavy atom. The van der Waals surface area contributed by atoms with E-state index in [0.717, 1.165) is 12.8 Å². The highest BCUT2D eigenvalue weighted by atomic mass is 16.3. The topological polar surface area (TPSA) is 52.6 Å². The molecule has 1 unspecified atom stereocenters. The Bertz CT molecular complexity index is 172. The van der Waals surface area contributed by atoms with Crippen molar-refractivity contribution in [3.63, 3.8) is 0 Å². The number of nitrogens with zero attached hydrogens (tertiary/aromatic N) is 1. The molecule has 84 valence electrons. The third-order valence-electron chi connectivity index (χ3n) is 2.26. The molecule has 0 spiro atoms. The lowest BCUT2D eigenvalue weighted by Crippen LogP contribution is -2.44. The fourth-order valence-corrected chi connectivity index (χ4v) is 1.02. The van der Waals surface area contributed by atoms with E-state index in [-0.39, 0.29) is 24.7 Å². The molecule has 14 heavy (non-hydrogen) atoms. The highest BCUT2D eigenvalue weighted by Crippen LogP contribution is 1.99. The van der Waals surface area contributed by atoms with E-state index in [1.54, 1.807) is 11.9 Å². The summed E-state index contributed by atoms with van der Waals surface area (Å²) in [5.74, 6) is 0. The molecule has 2 amide bonds. The monoisotopic (exact) mass is 202 g/mol. The van der Waals surface area contributed by atoms with Gasteiger partial charge in [-0.05, 0) is 33.6 Å². The van der Waals surface area contributed by atoms with Crippen molar-refractivity contribution >= 4 is 6.03 Å². The minimum atomic E-state index is -0.0505. The number of carbonyl (C=O) groups is 1. The van der Waals surface area contributed by atoms with Crippen LogP contribution in [0.15, 0.2) is 0 Å². The molecule has 0 fully saturated rings. The fourth-order valence-electron chi connectivity index (χ4n) is 1.02. The number of aliphatic hydroxyl groups excluding tert-OH is 1. The number of hydrogen-bond donors (Lipinski definition) is 2. The zero-order valence-corrected chi connectivity index (χ0v) is 9.58. The van der Waals surface area contributed by atoms with Crippen LogP contribution in [0.3, 0.4) is 0 Å². The molecule has 2 N–H and O–H groups in total. The van der Waals surface area contributed by atoms with Crippen molar-refractivity contribution in [1.82, 2.24) is 10.2 Å². The highest BCUT2D eigenvalue weighted by molar-refractivity contribution is 5.74. The first kappa shape index (κ1) is 13.2. The van der Waals surface area contributed by atoms with E-state index in [9.17, 15) is 4.79 Å². The Balaban J connectivity index is 3.81. The highest BCUT2D eigenvalue weighted by Gasteiger charge is 2.13. The molecule has 0 saturated carbocycles. The normalized spacial score (nSPS) is 12.7. The van der Waals surface area contributed by atoms with Gasteiger partial charge >= 0.3 is 6.03 Å². The van der Waals surface area contributed by atoms with Crippen molar-refractivity contribution in [3.05, 3.63) is 0 Å². The Hall–Kier alpha value is -0.770. The minimum absolute atomic E-state index is 0.0505. The Labute approximate surface area is 86.3 Å². The standard InChI is InChI=1S/C10H22N2O2/c1-8(2)12(4)10(14)11-9(3)6-5-7-13/h8-9,13H,5-7H2,1-4H3,(H,11,14). The lowest BCUT2D eigenvalue weighted by molar-refractivity contribution is 0.192. The summed E-state index contributed by atoms with van der Waals surface area (Å²) in [6.45, 7) is 6.07. The van der Waals surface area contributed by atoms with Crippen LogP contribution >= 0.6 is 0 Å². The Morgan fingerprint density at radius 3 is 2.43 bits per heavy atom. The maximum Gasteiger partial charge on any atom is 0.317 e. The summed E-state index contributed by atoms with van der Waals surface area (Å²) >= 11 is 0. The van der Waals surface area contributed by atoms with E-state index < -0.39 is 0 Å². The van der Waals surface area contributed by atoms with Gasteiger partial charge in [0.2, 0.25) is 0 Å². The first-order valence-corrected chi connectivity index (χ1v) is 5.13. The lowest BCUT2D eigenvalue weighted by atomic mass is 10.2. The van der Waals surface area contributed by atoms with Crippen LogP contribution in [0.25, 0.3) is 0 Å². The molecular formula is C10H22N2O2. The number of rotatable bonds is 5. The van der Waals surface area contributed by atoms with Crippen LogP contribution in [-0.4, -0.2) is 41.8 Å². The zero-order valence-electron chi connectivity index (χ0n) is 9.58. The van der Waals surface area contributed by atoms with Crippen molar-refractivity contribution < 1.29 is 9.90 Å². The molecule has 0 aliphatic rings. The predicted octanol–water partition coefficient (Wildman–Crippen LogP) is 1.20. The van der Waals surface area contributed by atoms with Gasteiger partial charge in [0.15, 0.2) is 0 Å². The van der Waals surface area contributed by atoms with Crippen LogP contribution in [0.5, 0.6) is 0 Å². The van der Waals surface area contributed by atoms with E-state index >= 15 is 0 Å². The number of nitrogens with one attached hydrogen (secondary N) is 1. The largest absolute Gasteiger partial charge is 0.396 e. The molecule has 0 bridgehead atoms. The first-order valence-electron chi connectivity index (χ1n) is 5.13. The van der Waals surface area contributed by atoms with E-state index in [1.807, 2.05) is 20.8 Å². The van der Waals surface area contributed by atoms with Gasteiger partial charge in [-0.15, -0.1) is 0 Å². The second-order valence-electron chi connectivity index (χ2n) is 3.92. The van der Waals surface area contributed by atoms with Gasteiger partial charge in [-0.1, -0.05) is 0 Å². The number of aliphatic hydroxyl groups is 1. The van der Waals surface area contributed by atoms with Crippen molar-refractivity contribution in [3.8, 4) is 0 Å². The summed E-state index contributed by atoms with van der Waals surface area (Å²) in [6.07, 6.45) is 1.54. The van der Waals surface area contributed by atoms with Gasteiger partial charge in [-0.25, -0.2) is 4.79 Å². The van der Waals surface area contributed by atoms with Gasteiger partial charge < -0.3 is 15.3 Å². The number of amides is 2. The van der Waals surface area contributed by atoms with Crippen LogP contribution < -0.4 is 5.32 Å². The van der Waals surface area contributed by atoms with E-state index in [4.69, 9.17) is 5.11 Å². The van der Waals surface area contributed by atoms with Gasteiger partial charge in [-0.2, -0.15) is 0 Å². The number of urea groups is 1. The second kappa shape index (κ2) is 6.65. The molecule has 0 rings (SSSR count). The molecule has 0 aromatic carbocycles. The van der Waals surface area contributed by atoms with Gasteiger partial charge in [0.1, 0.15) is 0 Å². The van der Waals surface area contributed by atoms with E-state index in [2.05, 4.69) is 5.32 Å². The molecule has 0 aromatic rings. The summed E-state index contributed by atoms with van der Waals surface area (Å²) in [4.78, 5) is 13.2. The maximum absolute atomic E-state index is 11.5. The third kappa shape index (κ3) is 5.07. The summed E-state index contributed by atoms with van der Waals surface area (Å²) in [5.41, 5.74) is 0. The predicted molar refractivity (Wildman–Crippen MR) is 57.2 cm³/mol. The molecule has 0 heterocycles. The molecule has 0 aliphatic carbocycles. The van der Waals surface area contributed by atoms with Gasteiger partial charge in [0, 0.05) is 25.7 Å². The molecule has 0 saturated heterocycles. The quantitative estimate of drug-likeness (QED) is 0.703. The number of hydrogen-bond acceptors (Lipinski definition) is 2. The summed E-state index contributed by atoms with van der Waals surface area (Å²) < 4.78 is 0. The average molecular weight is 202 g/mol. The molecule has 4 heteroatoms. The van der Waals surface area contributed by atoms with Crippen LogP contribution in [-0.2, 0) is 0 Å². The molecule has 0 radical (unpaired) electrons. The van der Waals surface area contributed by atoms with Crippen molar-refractivity contribution in [2.24, 2.45) is 0 Å². The summed E-state index contributed by atoms with van der Waals surface area (Å²) in [6, 6.07) is 0.279. The first-order chi connectivity index (χ1) is 6.49. The SMILES string of the molecule is CC(CCCO)NC(=O)N(C)C(C)C. The minimum Gasteiger partial charge on any atom is -0.396 e. The molecule has 4 nitrogen and oxygen atoms in total.